The molecule has 2 saturated heterocycles. The van der Waals surface area contributed by atoms with Crippen LogP contribution in [0.25, 0.3) is 11.0 Å². The molecule has 1 atom stereocenters. The highest BCUT2D eigenvalue weighted by atomic mass is 16.7. The van der Waals surface area contributed by atoms with Gasteiger partial charge in [-0.3, -0.25) is 4.79 Å². The lowest BCUT2D eigenvalue weighted by Gasteiger charge is -2.38. The molecule has 0 radical (unpaired) electrons. The van der Waals surface area contributed by atoms with Crippen LogP contribution in [-0.4, -0.2) is 52.4 Å². The van der Waals surface area contributed by atoms with Crippen LogP contribution in [0.1, 0.15) is 25.8 Å². The van der Waals surface area contributed by atoms with Gasteiger partial charge in [-0.25, -0.2) is 4.98 Å². The molecule has 23 heavy (non-hydrogen) atoms. The van der Waals surface area contributed by atoms with Gasteiger partial charge in [0.2, 0.25) is 5.91 Å². The highest BCUT2D eigenvalue weighted by molar-refractivity contribution is 5.83. The number of piperidine rings is 1. The summed E-state index contributed by atoms with van der Waals surface area (Å²) in [6.45, 7) is 4.60. The Balaban J connectivity index is 1.48. The van der Waals surface area contributed by atoms with Gasteiger partial charge in [0.05, 0.1) is 30.6 Å². The fourth-order valence-electron chi connectivity index (χ4n) is 3.52. The summed E-state index contributed by atoms with van der Waals surface area (Å²) in [5.41, 5.74) is 1.90. The van der Waals surface area contributed by atoms with E-state index in [1.807, 2.05) is 40.7 Å². The number of carbonyl (C=O) groups is 1. The van der Waals surface area contributed by atoms with Gasteiger partial charge < -0.3 is 18.9 Å². The molecule has 2 aliphatic rings. The average molecular weight is 315 g/mol. The lowest BCUT2D eigenvalue weighted by Crippen LogP contribution is -2.48. The summed E-state index contributed by atoms with van der Waals surface area (Å²) in [6.07, 6.45) is 3.24. The van der Waals surface area contributed by atoms with E-state index in [4.69, 9.17) is 9.47 Å². The fourth-order valence-corrected chi connectivity index (χ4v) is 3.52. The lowest BCUT2D eigenvalue weighted by molar-refractivity contribution is -0.188. The third-order valence-corrected chi connectivity index (χ3v) is 4.91. The number of imidazole rings is 1. The minimum absolute atomic E-state index is 0.126. The number of amides is 1. The molecule has 4 rings (SSSR count). The molecular weight excluding hydrogens is 294 g/mol. The lowest BCUT2D eigenvalue weighted by atomic mass is 10.0. The normalized spacial score (nSPS) is 21.9. The number of hydrogen-bond donors (Lipinski definition) is 0. The van der Waals surface area contributed by atoms with E-state index in [1.54, 1.807) is 6.33 Å². The number of carbonyl (C=O) groups excluding carboxylic acids is 1. The van der Waals surface area contributed by atoms with Crippen molar-refractivity contribution in [1.29, 1.82) is 0 Å². The first-order valence-corrected chi connectivity index (χ1v) is 8.17. The molecule has 1 amide bonds. The third kappa shape index (κ3) is 2.52. The van der Waals surface area contributed by atoms with Gasteiger partial charge in [0.25, 0.3) is 0 Å². The van der Waals surface area contributed by atoms with E-state index in [0.717, 1.165) is 23.9 Å². The van der Waals surface area contributed by atoms with Crippen molar-refractivity contribution < 1.29 is 14.3 Å². The topological polar surface area (TPSA) is 56.6 Å². The molecule has 0 bridgehead atoms. The van der Waals surface area contributed by atoms with E-state index in [2.05, 4.69) is 4.98 Å². The second-order valence-electron chi connectivity index (χ2n) is 6.25. The zero-order valence-corrected chi connectivity index (χ0v) is 13.3. The van der Waals surface area contributed by atoms with Crippen molar-refractivity contribution in [2.24, 2.45) is 0 Å². The van der Waals surface area contributed by atoms with Crippen LogP contribution >= 0.6 is 0 Å². The van der Waals surface area contributed by atoms with Crippen molar-refractivity contribution in [2.45, 2.75) is 31.6 Å². The highest BCUT2D eigenvalue weighted by Crippen LogP contribution is 2.32. The zero-order chi connectivity index (χ0) is 15.9. The van der Waals surface area contributed by atoms with Crippen LogP contribution in [0.5, 0.6) is 0 Å². The predicted molar refractivity (Wildman–Crippen MR) is 84.9 cm³/mol. The molecule has 1 aromatic carbocycles. The molecule has 1 unspecified atom stereocenters. The Morgan fingerprint density at radius 1 is 1.22 bits per heavy atom. The van der Waals surface area contributed by atoms with Crippen molar-refractivity contribution in [3.8, 4) is 0 Å². The van der Waals surface area contributed by atoms with Crippen molar-refractivity contribution in [2.75, 3.05) is 26.3 Å². The second kappa shape index (κ2) is 5.62. The molecule has 0 N–H and O–H groups in total. The summed E-state index contributed by atoms with van der Waals surface area (Å²) in [7, 11) is 0. The Bertz CT molecular complexity index is 711. The summed E-state index contributed by atoms with van der Waals surface area (Å²) in [5, 5.41) is 0. The molecule has 6 heteroatoms. The Labute approximate surface area is 135 Å². The maximum atomic E-state index is 12.8. The molecule has 2 aliphatic heterocycles. The summed E-state index contributed by atoms with van der Waals surface area (Å²) < 4.78 is 13.4. The molecule has 0 saturated carbocycles. The fraction of sp³-hybridized carbons (Fsp3) is 0.529. The molecule has 1 spiro atoms. The first-order valence-electron chi connectivity index (χ1n) is 8.17. The molecule has 0 aliphatic carbocycles. The van der Waals surface area contributed by atoms with Gasteiger partial charge in [-0.1, -0.05) is 12.1 Å². The number of ether oxygens (including phenoxy) is 2. The Morgan fingerprint density at radius 3 is 2.65 bits per heavy atom. The first-order chi connectivity index (χ1) is 11.2. The van der Waals surface area contributed by atoms with Gasteiger partial charge >= 0.3 is 0 Å². The number of benzene rings is 1. The van der Waals surface area contributed by atoms with Gasteiger partial charge in [-0.05, 0) is 19.1 Å². The minimum atomic E-state index is -0.443. The maximum absolute atomic E-state index is 12.8. The van der Waals surface area contributed by atoms with Crippen LogP contribution in [0, 0.1) is 0 Å². The van der Waals surface area contributed by atoms with E-state index in [9.17, 15) is 4.79 Å². The average Bonchev–Trinajstić information content (AvgIpc) is 3.21. The molecule has 3 heterocycles. The molecule has 2 fully saturated rings. The number of likely N-dealkylation sites (tertiary alicyclic amines) is 1. The van der Waals surface area contributed by atoms with Crippen molar-refractivity contribution in [1.82, 2.24) is 14.5 Å². The Kier molecular flexibility index (Phi) is 3.58. The van der Waals surface area contributed by atoms with E-state index in [0.29, 0.717) is 26.3 Å². The Morgan fingerprint density at radius 2 is 1.91 bits per heavy atom. The quantitative estimate of drug-likeness (QED) is 0.850. The van der Waals surface area contributed by atoms with E-state index in [-0.39, 0.29) is 11.9 Å². The van der Waals surface area contributed by atoms with Gasteiger partial charge in [0.1, 0.15) is 6.04 Å². The van der Waals surface area contributed by atoms with Crippen LogP contribution in [-0.2, 0) is 14.3 Å². The maximum Gasteiger partial charge on any atom is 0.245 e. The summed E-state index contributed by atoms with van der Waals surface area (Å²) in [4.78, 5) is 19.1. The van der Waals surface area contributed by atoms with Crippen LogP contribution < -0.4 is 0 Å². The summed E-state index contributed by atoms with van der Waals surface area (Å²) in [5.74, 6) is -0.317. The van der Waals surface area contributed by atoms with Crippen LogP contribution in [0.3, 0.4) is 0 Å². The van der Waals surface area contributed by atoms with E-state index in [1.165, 1.54) is 0 Å². The van der Waals surface area contributed by atoms with Gasteiger partial charge in [0.15, 0.2) is 5.79 Å². The first kappa shape index (κ1) is 14.7. The third-order valence-electron chi connectivity index (χ3n) is 4.91. The summed E-state index contributed by atoms with van der Waals surface area (Å²) >= 11 is 0. The number of hydrogen-bond acceptors (Lipinski definition) is 4. The molecule has 122 valence electrons. The van der Waals surface area contributed by atoms with Crippen LogP contribution in [0.15, 0.2) is 30.6 Å². The highest BCUT2D eigenvalue weighted by Gasteiger charge is 2.41. The Hall–Kier alpha value is -1.92. The second-order valence-corrected chi connectivity index (χ2v) is 6.25. The van der Waals surface area contributed by atoms with Crippen molar-refractivity contribution >= 4 is 16.9 Å². The number of aromatic nitrogens is 2. The molecule has 2 aromatic rings. The van der Waals surface area contributed by atoms with Gasteiger partial charge in [-0.15, -0.1) is 0 Å². The van der Waals surface area contributed by atoms with Gasteiger partial charge in [-0.2, -0.15) is 0 Å². The summed E-state index contributed by atoms with van der Waals surface area (Å²) in [6, 6.07) is 7.62. The predicted octanol–water partition coefficient (Wildman–Crippen LogP) is 1.96. The number of nitrogens with zero attached hydrogens (tertiary/aromatic N) is 3. The minimum Gasteiger partial charge on any atom is -0.347 e. The van der Waals surface area contributed by atoms with E-state index < -0.39 is 5.79 Å². The largest absolute Gasteiger partial charge is 0.347 e. The van der Waals surface area contributed by atoms with Gasteiger partial charge in [0, 0.05) is 25.9 Å². The standard InChI is InChI=1S/C17H21N3O3/c1-13(20-12-18-14-4-2-3-5-15(14)20)16(21)19-8-6-17(7-9-19)22-10-11-23-17/h2-5,12-13H,6-11H2,1H3. The van der Waals surface area contributed by atoms with Crippen LogP contribution in [0.2, 0.25) is 0 Å². The number of para-hydroxylation sites is 2. The monoisotopic (exact) mass is 315 g/mol. The van der Waals surface area contributed by atoms with Crippen molar-refractivity contribution in [3.05, 3.63) is 30.6 Å². The molecule has 6 nitrogen and oxygen atoms in total. The van der Waals surface area contributed by atoms with E-state index >= 15 is 0 Å². The molecular formula is C17H21N3O3. The van der Waals surface area contributed by atoms with Crippen LogP contribution in [0.4, 0.5) is 0 Å². The SMILES string of the molecule is CC(C(=O)N1CCC2(CC1)OCCO2)n1cnc2ccccc21. The zero-order valence-electron chi connectivity index (χ0n) is 13.3. The smallest absolute Gasteiger partial charge is 0.245 e. The molecule has 1 aromatic heterocycles. The number of fused-ring (bicyclic) bond motifs is 1. The van der Waals surface area contributed by atoms with Crippen molar-refractivity contribution in [3.63, 3.8) is 0 Å². The number of rotatable bonds is 2.